The second kappa shape index (κ2) is 9.80. The Kier molecular flexibility index (Phi) is 7.12. The molecule has 170 valence electrons. The predicted octanol–water partition coefficient (Wildman–Crippen LogP) is 3.70. The van der Waals surface area contributed by atoms with Crippen LogP contribution >= 0.6 is 0 Å². The Morgan fingerprint density at radius 3 is 2.41 bits per heavy atom. The minimum atomic E-state index is -4.44. The van der Waals surface area contributed by atoms with E-state index in [-0.39, 0.29) is 5.78 Å². The molecule has 1 aliphatic heterocycles. The zero-order valence-corrected chi connectivity index (χ0v) is 17.3. The summed E-state index contributed by atoms with van der Waals surface area (Å²) < 4.78 is 43.1. The minimum absolute atomic E-state index is 0.202. The van der Waals surface area contributed by atoms with Crippen molar-refractivity contribution in [2.45, 2.75) is 25.9 Å². The maximum atomic E-state index is 12.7. The molecule has 1 amide bonds. The number of hydrogen-bond donors (Lipinski definition) is 1. The number of para-hydroxylation sites is 1. The third kappa shape index (κ3) is 5.83. The largest absolute Gasteiger partial charge is 0.455 e. The quantitative estimate of drug-likeness (QED) is 0.535. The highest BCUT2D eigenvalue weighted by molar-refractivity contribution is 6.04. The summed E-state index contributed by atoms with van der Waals surface area (Å²) in [7, 11) is 0. The highest BCUT2D eigenvalue weighted by atomic mass is 19.4. The summed E-state index contributed by atoms with van der Waals surface area (Å²) in [5.74, 6) is -1.28. The lowest BCUT2D eigenvalue weighted by molar-refractivity contribution is -0.152. The van der Waals surface area contributed by atoms with Crippen molar-refractivity contribution in [1.82, 2.24) is 4.98 Å². The maximum Gasteiger partial charge on any atom is 0.417 e. The Balaban J connectivity index is 1.46. The average Bonchev–Trinajstić information content (AvgIpc) is 2.77. The van der Waals surface area contributed by atoms with E-state index in [2.05, 4.69) is 10.3 Å². The summed E-state index contributed by atoms with van der Waals surface area (Å²) in [6, 6.07) is 8.81. The number of rotatable bonds is 6. The number of ketones is 1. The lowest BCUT2D eigenvalue weighted by atomic mass is 9.97. The van der Waals surface area contributed by atoms with Crippen LogP contribution in [0.1, 0.15) is 35.7 Å². The monoisotopic (exact) mass is 449 g/mol. The second-order valence-electron chi connectivity index (χ2n) is 7.42. The number of aromatic nitrogens is 1. The number of ether oxygens (including phenoxy) is 1. The van der Waals surface area contributed by atoms with Crippen molar-refractivity contribution < 1.29 is 32.3 Å². The number of amides is 1. The fraction of sp³-hybridized carbons (Fsp3) is 0.364. The topological polar surface area (TPSA) is 88.6 Å². The number of alkyl halides is 3. The van der Waals surface area contributed by atoms with Crippen molar-refractivity contribution in [3.8, 4) is 0 Å². The summed E-state index contributed by atoms with van der Waals surface area (Å²) in [5.41, 5.74) is -0.112. The highest BCUT2D eigenvalue weighted by Gasteiger charge is 2.31. The number of nitrogens with one attached hydrogen (secondary N) is 1. The van der Waals surface area contributed by atoms with E-state index in [1.165, 1.54) is 13.0 Å². The first-order chi connectivity index (χ1) is 15.1. The van der Waals surface area contributed by atoms with Crippen molar-refractivity contribution in [3.05, 3.63) is 53.7 Å². The lowest BCUT2D eigenvalue weighted by Gasteiger charge is -2.31. The molecule has 1 N–H and O–H groups in total. The van der Waals surface area contributed by atoms with E-state index in [0.29, 0.717) is 43.0 Å². The normalized spacial score (nSPS) is 14.7. The third-order valence-corrected chi connectivity index (χ3v) is 5.15. The molecule has 0 bridgehead atoms. The zero-order chi connectivity index (χ0) is 23.3. The van der Waals surface area contributed by atoms with E-state index in [9.17, 15) is 27.6 Å². The van der Waals surface area contributed by atoms with Gasteiger partial charge in [-0.05, 0) is 44.0 Å². The molecule has 7 nitrogen and oxygen atoms in total. The van der Waals surface area contributed by atoms with Crippen LogP contribution in [0.15, 0.2) is 42.6 Å². The molecule has 1 fully saturated rings. The molecule has 3 rings (SSSR count). The van der Waals surface area contributed by atoms with Crippen LogP contribution in [0, 0.1) is 5.92 Å². The van der Waals surface area contributed by atoms with Gasteiger partial charge in [0.2, 0.25) is 0 Å². The first-order valence-corrected chi connectivity index (χ1v) is 10.00. The number of hydrogen-bond acceptors (Lipinski definition) is 6. The van der Waals surface area contributed by atoms with Gasteiger partial charge in [0.25, 0.3) is 5.91 Å². The van der Waals surface area contributed by atoms with Gasteiger partial charge in [0.05, 0.1) is 17.2 Å². The van der Waals surface area contributed by atoms with Crippen LogP contribution in [-0.4, -0.2) is 42.3 Å². The van der Waals surface area contributed by atoms with Crippen LogP contribution in [0.2, 0.25) is 0 Å². The van der Waals surface area contributed by atoms with Crippen molar-refractivity contribution in [3.63, 3.8) is 0 Å². The zero-order valence-electron chi connectivity index (χ0n) is 17.3. The summed E-state index contributed by atoms with van der Waals surface area (Å²) >= 11 is 0. The van der Waals surface area contributed by atoms with Gasteiger partial charge in [-0.15, -0.1) is 0 Å². The third-order valence-electron chi connectivity index (χ3n) is 5.15. The Morgan fingerprint density at radius 1 is 1.12 bits per heavy atom. The average molecular weight is 449 g/mol. The van der Waals surface area contributed by atoms with E-state index in [0.717, 1.165) is 12.3 Å². The number of benzene rings is 1. The first kappa shape index (κ1) is 23.2. The minimum Gasteiger partial charge on any atom is -0.455 e. The standard InChI is InChI=1S/C22H22F3N3O4/c1-14(29)17-4-2-3-5-18(17)27-20(30)13-32-21(31)15-8-10-28(11-9-15)19-7-6-16(12-26-19)22(23,24)25/h2-7,12,15H,8-11,13H2,1H3,(H,27,30). The van der Waals surface area contributed by atoms with Gasteiger partial charge in [-0.2, -0.15) is 13.2 Å². The van der Waals surface area contributed by atoms with Crippen molar-refractivity contribution in [2.75, 3.05) is 29.9 Å². The maximum absolute atomic E-state index is 12.7. The molecule has 0 atom stereocenters. The van der Waals surface area contributed by atoms with Crippen LogP contribution in [0.4, 0.5) is 24.7 Å². The fourth-order valence-corrected chi connectivity index (χ4v) is 3.43. The van der Waals surface area contributed by atoms with Gasteiger partial charge >= 0.3 is 12.1 Å². The Morgan fingerprint density at radius 2 is 1.81 bits per heavy atom. The number of pyridine rings is 1. The summed E-state index contributed by atoms with van der Waals surface area (Å²) in [6.07, 6.45) is -2.80. The lowest BCUT2D eigenvalue weighted by Crippen LogP contribution is -2.38. The number of carbonyl (C=O) groups excluding carboxylic acids is 3. The van der Waals surface area contributed by atoms with Gasteiger partial charge in [0.15, 0.2) is 12.4 Å². The van der Waals surface area contributed by atoms with Gasteiger partial charge in [0, 0.05) is 24.8 Å². The van der Waals surface area contributed by atoms with E-state index in [1.54, 1.807) is 29.2 Å². The van der Waals surface area contributed by atoms with Gasteiger partial charge in [-0.1, -0.05) is 12.1 Å². The van der Waals surface area contributed by atoms with Crippen molar-refractivity contribution in [1.29, 1.82) is 0 Å². The van der Waals surface area contributed by atoms with Gasteiger partial charge in [0.1, 0.15) is 5.82 Å². The van der Waals surface area contributed by atoms with E-state index in [1.807, 2.05) is 0 Å². The number of esters is 1. The molecular formula is C22H22F3N3O4. The molecule has 0 spiro atoms. The van der Waals surface area contributed by atoms with Crippen molar-refractivity contribution in [2.24, 2.45) is 5.92 Å². The summed E-state index contributed by atoms with van der Waals surface area (Å²) in [5, 5.41) is 2.56. The smallest absolute Gasteiger partial charge is 0.417 e. The molecule has 10 heteroatoms. The Bertz CT molecular complexity index is 985. The molecule has 2 heterocycles. The van der Waals surface area contributed by atoms with E-state index in [4.69, 9.17) is 4.74 Å². The number of piperidine rings is 1. The molecule has 1 aliphatic rings. The first-order valence-electron chi connectivity index (χ1n) is 10.00. The Hall–Kier alpha value is -3.43. The highest BCUT2D eigenvalue weighted by Crippen LogP contribution is 2.30. The van der Waals surface area contributed by atoms with Gasteiger partial charge < -0.3 is 15.0 Å². The van der Waals surface area contributed by atoms with Gasteiger partial charge in [-0.25, -0.2) is 4.98 Å². The molecule has 1 aromatic carbocycles. The summed E-state index contributed by atoms with van der Waals surface area (Å²) in [4.78, 5) is 41.7. The molecule has 0 aliphatic carbocycles. The fourth-order valence-electron chi connectivity index (χ4n) is 3.43. The number of halogens is 3. The number of Topliss-reactive ketones (excluding diaryl/α,β-unsaturated/α-hetero) is 1. The predicted molar refractivity (Wildman–Crippen MR) is 110 cm³/mol. The number of carbonyl (C=O) groups is 3. The molecule has 32 heavy (non-hydrogen) atoms. The molecule has 1 saturated heterocycles. The van der Waals surface area contributed by atoms with E-state index < -0.39 is 36.1 Å². The second-order valence-corrected chi connectivity index (χ2v) is 7.42. The molecule has 0 radical (unpaired) electrons. The molecule has 0 saturated carbocycles. The van der Waals surface area contributed by atoms with Crippen LogP contribution in [0.3, 0.4) is 0 Å². The molecular weight excluding hydrogens is 427 g/mol. The Labute approximate surface area is 182 Å². The van der Waals surface area contributed by atoms with Crippen LogP contribution in [-0.2, 0) is 20.5 Å². The SMILES string of the molecule is CC(=O)c1ccccc1NC(=O)COC(=O)C1CCN(c2ccc(C(F)(F)F)cn2)CC1. The van der Waals surface area contributed by atoms with Crippen LogP contribution < -0.4 is 10.2 Å². The number of anilines is 2. The number of nitrogens with zero attached hydrogens (tertiary/aromatic N) is 2. The van der Waals surface area contributed by atoms with E-state index >= 15 is 0 Å². The molecule has 1 aromatic heterocycles. The van der Waals surface area contributed by atoms with Crippen LogP contribution in [0.5, 0.6) is 0 Å². The summed E-state index contributed by atoms with van der Waals surface area (Å²) in [6.45, 7) is 1.76. The van der Waals surface area contributed by atoms with Crippen molar-refractivity contribution >= 4 is 29.2 Å². The molecule has 0 unspecified atom stereocenters. The van der Waals surface area contributed by atoms with Gasteiger partial charge in [-0.3, -0.25) is 14.4 Å². The van der Waals surface area contributed by atoms with Crippen LogP contribution in [0.25, 0.3) is 0 Å². The molecule has 2 aromatic rings.